The molecule has 0 saturated carbocycles. The average Bonchev–Trinajstić information content (AvgIpc) is 3.38. The molecule has 0 spiro atoms. The Balaban J connectivity index is 1.45. The molecule has 8 heteroatoms. The van der Waals surface area contributed by atoms with Crippen molar-refractivity contribution < 1.29 is 13.6 Å². The van der Waals surface area contributed by atoms with Crippen molar-refractivity contribution in [3.8, 4) is 10.6 Å². The molecule has 0 saturated heterocycles. The van der Waals surface area contributed by atoms with Crippen LogP contribution < -0.4 is 5.32 Å². The number of hydrogen-bond donors (Lipinski definition) is 1. The molecule has 1 amide bonds. The van der Waals surface area contributed by atoms with Gasteiger partial charge in [-0.2, -0.15) is 5.10 Å². The number of rotatable bonds is 7. The summed E-state index contributed by atoms with van der Waals surface area (Å²) in [6, 6.07) is 11.5. The molecule has 32 heavy (non-hydrogen) atoms. The lowest BCUT2D eigenvalue weighted by Gasteiger charge is -2.11. The minimum absolute atomic E-state index is 0.00164. The van der Waals surface area contributed by atoms with Gasteiger partial charge in [-0.15, -0.1) is 11.3 Å². The first-order valence-electron chi connectivity index (χ1n) is 10.2. The van der Waals surface area contributed by atoms with E-state index in [1.807, 2.05) is 17.5 Å². The maximum atomic E-state index is 14.0. The number of benzene rings is 2. The predicted octanol–water partition coefficient (Wildman–Crippen LogP) is 5.39. The molecule has 2 heterocycles. The Kier molecular flexibility index (Phi) is 6.41. The number of halogens is 2. The Labute approximate surface area is 188 Å². The average molecular weight is 453 g/mol. The molecule has 1 N–H and O–H groups in total. The number of hydrogen-bond acceptors (Lipinski definition) is 4. The first-order valence-corrected chi connectivity index (χ1v) is 11.1. The number of aryl methyl sites for hydroxylation is 2. The van der Waals surface area contributed by atoms with Gasteiger partial charge in [-0.1, -0.05) is 31.2 Å². The van der Waals surface area contributed by atoms with Crippen LogP contribution in [0.3, 0.4) is 0 Å². The second kappa shape index (κ2) is 9.40. The Morgan fingerprint density at radius 1 is 1.16 bits per heavy atom. The second-order valence-corrected chi connectivity index (χ2v) is 8.35. The van der Waals surface area contributed by atoms with Crippen LogP contribution >= 0.6 is 11.3 Å². The van der Waals surface area contributed by atoms with E-state index in [1.54, 1.807) is 13.1 Å². The van der Waals surface area contributed by atoms with Gasteiger partial charge in [0.15, 0.2) is 0 Å². The fourth-order valence-corrected chi connectivity index (χ4v) is 4.16. The second-order valence-electron chi connectivity index (χ2n) is 7.49. The molecular formula is C24H22F2N4OS. The fourth-order valence-electron chi connectivity index (χ4n) is 3.33. The van der Waals surface area contributed by atoms with Crippen molar-refractivity contribution in [3.63, 3.8) is 0 Å². The summed E-state index contributed by atoms with van der Waals surface area (Å²) in [5.41, 5.74) is 3.83. The number of nitrogens with zero attached hydrogens (tertiary/aromatic N) is 3. The third-order valence-corrected chi connectivity index (χ3v) is 6.05. The van der Waals surface area contributed by atoms with Crippen molar-refractivity contribution in [1.29, 1.82) is 0 Å². The summed E-state index contributed by atoms with van der Waals surface area (Å²) in [5.74, 6) is -0.865. The lowest BCUT2D eigenvalue weighted by Crippen LogP contribution is -2.19. The first-order chi connectivity index (χ1) is 15.4. The van der Waals surface area contributed by atoms with Gasteiger partial charge in [-0.05, 0) is 37.1 Å². The molecule has 0 fully saturated rings. The van der Waals surface area contributed by atoms with Gasteiger partial charge in [-0.3, -0.25) is 4.79 Å². The maximum Gasteiger partial charge on any atom is 0.231 e. The fraction of sp³-hybridized carbons (Fsp3) is 0.208. The summed E-state index contributed by atoms with van der Waals surface area (Å²) >= 11 is 1.49. The highest BCUT2D eigenvalue weighted by atomic mass is 32.1. The zero-order chi connectivity index (χ0) is 22.7. The van der Waals surface area contributed by atoms with Gasteiger partial charge in [0.2, 0.25) is 5.91 Å². The standard InChI is InChI=1S/C24H22F2N4OS/c1-3-16-4-6-17(7-5-16)24-28-20(14-32-24)11-22(31)29-23-15(2)12-27-30(23)13-18-10-19(25)8-9-21(18)26/h4-10,12,14H,3,11,13H2,1-2H3,(H,29,31). The molecule has 5 nitrogen and oxygen atoms in total. The quantitative estimate of drug-likeness (QED) is 0.409. The normalized spacial score (nSPS) is 11.0. The molecule has 0 aliphatic rings. The van der Waals surface area contributed by atoms with Gasteiger partial charge in [0.1, 0.15) is 22.5 Å². The van der Waals surface area contributed by atoms with E-state index in [0.717, 1.165) is 40.8 Å². The molecule has 164 valence electrons. The van der Waals surface area contributed by atoms with Gasteiger partial charge < -0.3 is 5.32 Å². The number of anilines is 1. The van der Waals surface area contributed by atoms with Gasteiger partial charge in [-0.25, -0.2) is 18.4 Å². The smallest absolute Gasteiger partial charge is 0.231 e. The number of carbonyl (C=O) groups excluding carboxylic acids is 1. The van der Waals surface area contributed by atoms with Crippen molar-refractivity contribution in [2.24, 2.45) is 0 Å². The SMILES string of the molecule is CCc1ccc(-c2nc(CC(=O)Nc3c(C)cnn3Cc3cc(F)ccc3F)cs2)cc1. The van der Waals surface area contributed by atoms with Gasteiger partial charge >= 0.3 is 0 Å². The molecule has 0 aliphatic heterocycles. The van der Waals surface area contributed by atoms with E-state index in [2.05, 4.69) is 34.5 Å². The van der Waals surface area contributed by atoms with Crippen LogP contribution in [0.1, 0.15) is 29.3 Å². The van der Waals surface area contributed by atoms with Crippen LogP contribution in [0, 0.1) is 18.6 Å². The van der Waals surface area contributed by atoms with Crippen LogP contribution in [0.4, 0.5) is 14.6 Å². The Bertz CT molecular complexity index is 1250. The van der Waals surface area contributed by atoms with Crippen molar-refractivity contribution in [2.75, 3.05) is 5.32 Å². The van der Waals surface area contributed by atoms with Crippen LogP contribution in [0.25, 0.3) is 10.6 Å². The minimum atomic E-state index is -0.529. The number of aromatic nitrogens is 3. The molecule has 0 unspecified atom stereocenters. The van der Waals surface area contributed by atoms with Gasteiger partial charge in [0.05, 0.1) is 24.9 Å². The van der Waals surface area contributed by atoms with Crippen LogP contribution in [-0.4, -0.2) is 20.7 Å². The van der Waals surface area contributed by atoms with E-state index < -0.39 is 11.6 Å². The zero-order valence-corrected chi connectivity index (χ0v) is 18.5. The highest BCUT2D eigenvalue weighted by Crippen LogP contribution is 2.25. The number of nitrogens with one attached hydrogen (secondary N) is 1. The molecule has 0 bridgehead atoms. The van der Waals surface area contributed by atoms with E-state index in [9.17, 15) is 13.6 Å². The molecule has 4 rings (SSSR count). The minimum Gasteiger partial charge on any atom is -0.310 e. The Morgan fingerprint density at radius 2 is 1.94 bits per heavy atom. The largest absolute Gasteiger partial charge is 0.310 e. The summed E-state index contributed by atoms with van der Waals surface area (Å²) in [6.45, 7) is 3.90. The van der Waals surface area contributed by atoms with Crippen LogP contribution in [0.15, 0.2) is 54.0 Å². The summed E-state index contributed by atoms with van der Waals surface area (Å²) in [4.78, 5) is 17.2. The highest BCUT2D eigenvalue weighted by molar-refractivity contribution is 7.13. The monoisotopic (exact) mass is 452 g/mol. The third-order valence-electron chi connectivity index (χ3n) is 5.11. The molecule has 0 radical (unpaired) electrons. The van der Waals surface area contributed by atoms with Crippen LogP contribution in [-0.2, 0) is 24.2 Å². The van der Waals surface area contributed by atoms with E-state index in [-0.39, 0.29) is 24.4 Å². The lowest BCUT2D eigenvalue weighted by atomic mass is 10.1. The lowest BCUT2D eigenvalue weighted by molar-refractivity contribution is -0.115. The predicted molar refractivity (Wildman–Crippen MR) is 122 cm³/mol. The molecule has 2 aromatic carbocycles. The van der Waals surface area contributed by atoms with Crippen molar-refractivity contribution in [2.45, 2.75) is 33.2 Å². The topological polar surface area (TPSA) is 59.8 Å². The number of thiazole rings is 1. The van der Waals surface area contributed by atoms with Crippen LogP contribution in [0.5, 0.6) is 0 Å². The summed E-state index contributed by atoms with van der Waals surface area (Å²) in [5, 5.41) is 9.76. The summed E-state index contributed by atoms with van der Waals surface area (Å²) in [7, 11) is 0. The summed E-state index contributed by atoms with van der Waals surface area (Å²) in [6.07, 6.45) is 2.65. The van der Waals surface area contributed by atoms with E-state index >= 15 is 0 Å². The molecule has 2 aromatic heterocycles. The maximum absolute atomic E-state index is 14.0. The van der Waals surface area contributed by atoms with Crippen molar-refractivity contribution >= 4 is 23.1 Å². The Hall–Kier alpha value is -3.39. The highest BCUT2D eigenvalue weighted by Gasteiger charge is 2.15. The van der Waals surface area contributed by atoms with Crippen molar-refractivity contribution in [1.82, 2.24) is 14.8 Å². The first kappa shape index (κ1) is 21.8. The van der Waals surface area contributed by atoms with E-state index in [1.165, 1.54) is 21.6 Å². The molecule has 0 atom stereocenters. The van der Waals surface area contributed by atoms with Crippen LogP contribution in [0.2, 0.25) is 0 Å². The molecule has 4 aromatic rings. The molecular weight excluding hydrogens is 430 g/mol. The van der Waals surface area contributed by atoms with Gasteiger partial charge in [0, 0.05) is 22.1 Å². The Morgan fingerprint density at radius 3 is 2.69 bits per heavy atom. The molecule has 0 aliphatic carbocycles. The van der Waals surface area contributed by atoms with Crippen molar-refractivity contribution in [3.05, 3.63) is 88.1 Å². The number of carbonyl (C=O) groups is 1. The third kappa shape index (κ3) is 4.91. The number of amides is 1. The van der Waals surface area contributed by atoms with E-state index in [0.29, 0.717) is 11.5 Å². The zero-order valence-electron chi connectivity index (χ0n) is 17.7. The van der Waals surface area contributed by atoms with E-state index in [4.69, 9.17) is 0 Å². The summed E-state index contributed by atoms with van der Waals surface area (Å²) < 4.78 is 29.0. The van der Waals surface area contributed by atoms with Gasteiger partial charge in [0.25, 0.3) is 0 Å².